The smallest absolute Gasteiger partial charge is 0.308 e. The van der Waals surface area contributed by atoms with E-state index in [1.54, 1.807) is 13.0 Å². The van der Waals surface area contributed by atoms with Crippen LogP contribution in [-0.4, -0.2) is 11.1 Å². The summed E-state index contributed by atoms with van der Waals surface area (Å²) in [5.74, 6) is -2.26. The molecule has 2 unspecified atom stereocenters. The maximum absolute atomic E-state index is 13.5. The number of halogens is 2. The molecule has 0 amide bonds. The molecule has 0 heterocycles. The van der Waals surface area contributed by atoms with Crippen molar-refractivity contribution in [2.24, 2.45) is 11.7 Å². The summed E-state index contributed by atoms with van der Waals surface area (Å²) < 4.78 is 14.2. The van der Waals surface area contributed by atoms with E-state index < -0.39 is 23.7 Å². The van der Waals surface area contributed by atoms with E-state index >= 15 is 0 Å². The molecule has 0 spiro atoms. The van der Waals surface area contributed by atoms with Crippen LogP contribution in [-0.2, 0) is 4.79 Å². The van der Waals surface area contributed by atoms with Crippen molar-refractivity contribution in [2.75, 3.05) is 0 Å². The van der Waals surface area contributed by atoms with E-state index in [1.807, 2.05) is 0 Å². The minimum absolute atomic E-state index is 0.226. The number of carboxylic acid groups (broad SMARTS) is 1. The summed E-state index contributed by atoms with van der Waals surface area (Å²) in [5, 5.41) is 8.95. The second-order valence-electron chi connectivity index (χ2n) is 3.54. The summed E-state index contributed by atoms with van der Waals surface area (Å²) in [6.07, 6.45) is 0.364. The second-order valence-corrected chi connectivity index (χ2v) is 4.46. The van der Waals surface area contributed by atoms with E-state index in [0.29, 0.717) is 10.9 Å². The molecule has 0 saturated carbocycles. The van der Waals surface area contributed by atoms with Crippen molar-refractivity contribution in [2.45, 2.75) is 19.4 Å². The Balaban J connectivity index is 3.07. The first-order chi connectivity index (χ1) is 7.47. The SMILES string of the molecule is CCC(C(=O)O)C(N)c1cc(Br)ccc1F. The highest BCUT2D eigenvalue weighted by molar-refractivity contribution is 9.10. The van der Waals surface area contributed by atoms with Crippen molar-refractivity contribution >= 4 is 21.9 Å². The fraction of sp³-hybridized carbons (Fsp3) is 0.364. The van der Waals surface area contributed by atoms with Gasteiger partial charge < -0.3 is 10.8 Å². The maximum Gasteiger partial charge on any atom is 0.308 e. The van der Waals surface area contributed by atoms with Crippen molar-refractivity contribution in [1.82, 2.24) is 0 Å². The molecule has 3 nitrogen and oxygen atoms in total. The van der Waals surface area contributed by atoms with Crippen LogP contribution in [0.3, 0.4) is 0 Å². The molecule has 1 rings (SSSR count). The lowest BCUT2D eigenvalue weighted by Gasteiger charge is -2.19. The fourth-order valence-electron chi connectivity index (χ4n) is 1.57. The Morgan fingerprint density at radius 1 is 1.62 bits per heavy atom. The fourth-order valence-corrected chi connectivity index (χ4v) is 1.95. The van der Waals surface area contributed by atoms with E-state index in [1.165, 1.54) is 12.1 Å². The molecule has 0 radical (unpaired) electrons. The van der Waals surface area contributed by atoms with Crippen LogP contribution in [0.2, 0.25) is 0 Å². The van der Waals surface area contributed by atoms with Gasteiger partial charge in [0.05, 0.1) is 5.92 Å². The van der Waals surface area contributed by atoms with Crippen LogP contribution >= 0.6 is 15.9 Å². The molecule has 1 aromatic rings. The number of benzene rings is 1. The Morgan fingerprint density at radius 3 is 2.75 bits per heavy atom. The van der Waals surface area contributed by atoms with Gasteiger partial charge in [-0.3, -0.25) is 4.79 Å². The van der Waals surface area contributed by atoms with Gasteiger partial charge in [-0.15, -0.1) is 0 Å². The van der Waals surface area contributed by atoms with Gasteiger partial charge in [0.15, 0.2) is 0 Å². The minimum atomic E-state index is -1.01. The molecule has 16 heavy (non-hydrogen) atoms. The van der Waals surface area contributed by atoms with Gasteiger partial charge >= 0.3 is 5.97 Å². The van der Waals surface area contributed by atoms with E-state index in [9.17, 15) is 9.18 Å². The summed E-state index contributed by atoms with van der Waals surface area (Å²) >= 11 is 3.20. The molecule has 0 aliphatic carbocycles. The lowest BCUT2D eigenvalue weighted by Crippen LogP contribution is -2.28. The first-order valence-electron chi connectivity index (χ1n) is 4.90. The van der Waals surface area contributed by atoms with Gasteiger partial charge in [-0.1, -0.05) is 22.9 Å². The molecular formula is C11H13BrFNO2. The third-order valence-corrected chi connectivity index (χ3v) is 3.00. The van der Waals surface area contributed by atoms with Crippen LogP contribution in [0.4, 0.5) is 4.39 Å². The molecular weight excluding hydrogens is 277 g/mol. The topological polar surface area (TPSA) is 63.3 Å². The zero-order valence-electron chi connectivity index (χ0n) is 8.78. The van der Waals surface area contributed by atoms with Crippen LogP contribution < -0.4 is 5.73 Å². The number of hydrogen-bond acceptors (Lipinski definition) is 2. The lowest BCUT2D eigenvalue weighted by atomic mass is 9.91. The summed E-state index contributed by atoms with van der Waals surface area (Å²) in [5.41, 5.74) is 6.00. The van der Waals surface area contributed by atoms with E-state index in [0.717, 1.165) is 0 Å². The maximum atomic E-state index is 13.5. The standard InChI is InChI=1S/C11H13BrFNO2/c1-2-7(11(15)16)10(14)8-5-6(12)3-4-9(8)13/h3-5,7,10H,2,14H2,1H3,(H,15,16). The predicted octanol–water partition coefficient (Wildman–Crippen LogP) is 2.70. The van der Waals surface area contributed by atoms with Crippen molar-refractivity contribution in [3.05, 3.63) is 34.1 Å². The van der Waals surface area contributed by atoms with Crippen LogP contribution in [0.5, 0.6) is 0 Å². The first-order valence-corrected chi connectivity index (χ1v) is 5.70. The zero-order chi connectivity index (χ0) is 12.3. The number of nitrogens with two attached hydrogens (primary N) is 1. The van der Waals surface area contributed by atoms with Crippen LogP contribution in [0.15, 0.2) is 22.7 Å². The average molecular weight is 290 g/mol. The zero-order valence-corrected chi connectivity index (χ0v) is 10.4. The molecule has 0 aromatic heterocycles. The summed E-state index contributed by atoms with van der Waals surface area (Å²) in [6, 6.07) is 3.51. The number of aliphatic carboxylic acids is 1. The molecule has 0 saturated heterocycles. The highest BCUT2D eigenvalue weighted by atomic mass is 79.9. The third-order valence-electron chi connectivity index (χ3n) is 2.51. The van der Waals surface area contributed by atoms with E-state index in [-0.39, 0.29) is 5.56 Å². The molecule has 2 atom stereocenters. The Kier molecular flexibility index (Phi) is 4.44. The van der Waals surface area contributed by atoms with Gasteiger partial charge in [-0.25, -0.2) is 4.39 Å². The van der Waals surface area contributed by atoms with Gasteiger partial charge in [0.25, 0.3) is 0 Å². The number of hydrogen-bond donors (Lipinski definition) is 2. The largest absolute Gasteiger partial charge is 0.481 e. The van der Waals surface area contributed by atoms with Gasteiger partial charge in [0.2, 0.25) is 0 Å². The Morgan fingerprint density at radius 2 is 2.25 bits per heavy atom. The highest BCUT2D eigenvalue weighted by Gasteiger charge is 2.26. The summed E-state index contributed by atoms with van der Waals surface area (Å²) in [6.45, 7) is 1.72. The van der Waals surface area contributed by atoms with Crippen molar-refractivity contribution < 1.29 is 14.3 Å². The van der Waals surface area contributed by atoms with Crippen LogP contribution in [0, 0.1) is 11.7 Å². The minimum Gasteiger partial charge on any atom is -0.481 e. The molecule has 0 aliphatic heterocycles. The molecule has 5 heteroatoms. The molecule has 1 aromatic carbocycles. The predicted molar refractivity (Wildman–Crippen MR) is 62.4 cm³/mol. The van der Waals surface area contributed by atoms with Crippen molar-refractivity contribution in [3.63, 3.8) is 0 Å². The molecule has 3 N–H and O–H groups in total. The third kappa shape index (κ3) is 2.80. The van der Waals surface area contributed by atoms with Gasteiger partial charge in [-0.2, -0.15) is 0 Å². The Hall–Kier alpha value is -0.940. The van der Waals surface area contributed by atoms with Gasteiger partial charge in [-0.05, 0) is 24.6 Å². The molecule has 0 aliphatic rings. The Bertz CT molecular complexity index is 398. The average Bonchev–Trinajstić information content (AvgIpc) is 2.22. The summed E-state index contributed by atoms with van der Waals surface area (Å²) in [4.78, 5) is 10.9. The van der Waals surface area contributed by atoms with Crippen LogP contribution in [0.1, 0.15) is 24.9 Å². The Labute approximate surface area is 102 Å². The molecule has 88 valence electrons. The van der Waals surface area contributed by atoms with E-state index in [4.69, 9.17) is 10.8 Å². The monoisotopic (exact) mass is 289 g/mol. The van der Waals surface area contributed by atoms with E-state index in [2.05, 4.69) is 15.9 Å². The van der Waals surface area contributed by atoms with Gasteiger partial charge in [0.1, 0.15) is 5.82 Å². The van der Waals surface area contributed by atoms with Crippen LogP contribution in [0.25, 0.3) is 0 Å². The lowest BCUT2D eigenvalue weighted by molar-refractivity contribution is -0.142. The molecule has 0 bridgehead atoms. The summed E-state index contributed by atoms with van der Waals surface area (Å²) in [7, 11) is 0. The van der Waals surface area contributed by atoms with Crippen molar-refractivity contribution in [1.29, 1.82) is 0 Å². The normalized spacial score (nSPS) is 14.5. The quantitative estimate of drug-likeness (QED) is 0.896. The first kappa shape index (κ1) is 13.1. The van der Waals surface area contributed by atoms with Crippen molar-refractivity contribution in [3.8, 4) is 0 Å². The number of rotatable bonds is 4. The van der Waals surface area contributed by atoms with Gasteiger partial charge in [0, 0.05) is 16.1 Å². The molecule has 0 fully saturated rings. The highest BCUT2D eigenvalue weighted by Crippen LogP contribution is 2.27. The second kappa shape index (κ2) is 5.41. The number of carbonyl (C=O) groups is 1. The number of carboxylic acids is 1.